The van der Waals surface area contributed by atoms with Gasteiger partial charge in [-0.05, 0) is 12.3 Å². The van der Waals surface area contributed by atoms with E-state index < -0.39 is 6.10 Å². The molecule has 0 rings (SSSR count). The fourth-order valence-electron chi connectivity index (χ4n) is 0.621. The molecule has 0 fully saturated rings. The summed E-state index contributed by atoms with van der Waals surface area (Å²) in [6, 6.07) is 0. The first-order valence-corrected chi connectivity index (χ1v) is 3.02. The highest BCUT2D eigenvalue weighted by Crippen LogP contribution is 2.01. The first-order valence-electron chi connectivity index (χ1n) is 3.02. The number of rotatable bonds is 3. The third-order valence-electron chi connectivity index (χ3n) is 0.952. The Balaban J connectivity index is 3.38. The van der Waals surface area contributed by atoms with Gasteiger partial charge in [-0.25, -0.2) is 0 Å². The van der Waals surface area contributed by atoms with E-state index in [4.69, 9.17) is 10.3 Å². The topological polar surface area (TPSA) is 52.8 Å². The Morgan fingerprint density at radius 3 is 2.44 bits per heavy atom. The molecule has 0 saturated carbocycles. The molecule has 0 radical (unpaired) electrons. The second-order valence-corrected chi connectivity index (χ2v) is 2.46. The average Bonchev–Trinajstić information content (AvgIpc) is 1.63. The molecule has 0 spiro atoms. The maximum atomic E-state index is 8.91. The number of aliphatic hydroxyl groups is 1. The lowest BCUT2D eigenvalue weighted by molar-refractivity contribution is 0.210. The molecule has 0 aliphatic carbocycles. The van der Waals surface area contributed by atoms with Crippen LogP contribution < -0.4 is 0 Å². The van der Waals surface area contributed by atoms with Crippen LogP contribution in [-0.4, -0.2) is 22.6 Å². The molecule has 0 aliphatic heterocycles. The van der Waals surface area contributed by atoms with Gasteiger partial charge in [0.15, 0.2) is 0 Å². The van der Waals surface area contributed by atoms with Crippen molar-refractivity contribution in [2.75, 3.05) is 0 Å². The fourth-order valence-corrected chi connectivity index (χ4v) is 0.621. The summed E-state index contributed by atoms with van der Waals surface area (Å²) in [5.74, 6) is 0.429. The normalized spacial score (nSPS) is 15.1. The lowest BCUT2D eigenvalue weighted by Crippen LogP contribution is -2.10. The Morgan fingerprint density at radius 1 is 1.56 bits per heavy atom. The van der Waals surface area contributed by atoms with E-state index in [9.17, 15) is 0 Å². The van der Waals surface area contributed by atoms with Crippen molar-refractivity contribution in [2.45, 2.75) is 26.4 Å². The molecule has 54 valence electrons. The van der Waals surface area contributed by atoms with Gasteiger partial charge in [-0.15, -0.1) is 0 Å². The zero-order valence-electron chi connectivity index (χ0n) is 5.78. The maximum Gasteiger partial charge on any atom is 0.0926 e. The molecule has 1 atom stereocenters. The van der Waals surface area contributed by atoms with Crippen LogP contribution in [0.4, 0.5) is 0 Å². The largest absolute Gasteiger partial charge is 0.411 e. The minimum absolute atomic E-state index is 0.429. The average molecular weight is 131 g/mol. The second-order valence-electron chi connectivity index (χ2n) is 2.46. The monoisotopic (exact) mass is 131 g/mol. The van der Waals surface area contributed by atoms with Gasteiger partial charge in [-0.1, -0.05) is 19.0 Å². The summed E-state index contributed by atoms with van der Waals surface area (Å²) in [7, 11) is 0. The Hall–Kier alpha value is -0.570. The summed E-state index contributed by atoms with van der Waals surface area (Å²) in [6.07, 6.45) is 1.17. The van der Waals surface area contributed by atoms with Crippen LogP contribution in [0.2, 0.25) is 0 Å². The van der Waals surface area contributed by atoms with E-state index >= 15 is 0 Å². The smallest absolute Gasteiger partial charge is 0.0926 e. The predicted molar refractivity (Wildman–Crippen MR) is 35.7 cm³/mol. The van der Waals surface area contributed by atoms with Gasteiger partial charge >= 0.3 is 0 Å². The van der Waals surface area contributed by atoms with Gasteiger partial charge in [0.05, 0.1) is 12.3 Å². The lowest BCUT2D eigenvalue weighted by Gasteiger charge is -2.05. The molecule has 3 heteroatoms. The summed E-state index contributed by atoms with van der Waals surface area (Å²) >= 11 is 0. The van der Waals surface area contributed by atoms with Crippen LogP contribution in [-0.2, 0) is 0 Å². The Morgan fingerprint density at radius 2 is 2.11 bits per heavy atom. The quantitative estimate of drug-likeness (QED) is 0.339. The van der Waals surface area contributed by atoms with E-state index in [1.54, 1.807) is 0 Å². The van der Waals surface area contributed by atoms with Crippen molar-refractivity contribution in [1.29, 1.82) is 0 Å². The van der Waals surface area contributed by atoms with Gasteiger partial charge in [-0.3, -0.25) is 0 Å². The van der Waals surface area contributed by atoms with Crippen LogP contribution >= 0.6 is 0 Å². The SMILES string of the molecule is CC(C)CC(O)C=NO. The van der Waals surface area contributed by atoms with E-state index in [0.29, 0.717) is 12.3 Å². The minimum atomic E-state index is -0.602. The Bertz CT molecular complexity index is 91.1. The highest BCUT2D eigenvalue weighted by atomic mass is 16.4. The van der Waals surface area contributed by atoms with Gasteiger partial charge in [-0.2, -0.15) is 0 Å². The van der Waals surface area contributed by atoms with Crippen LogP contribution in [0.1, 0.15) is 20.3 Å². The number of aliphatic hydroxyl groups excluding tert-OH is 1. The molecule has 0 amide bonds. The van der Waals surface area contributed by atoms with Gasteiger partial charge in [0, 0.05) is 0 Å². The molecular formula is C6H13NO2. The van der Waals surface area contributed by atoms with E-state index in [0.717, 1.165) is 6.21 Å². The zero-order chi connectivity index (χ0) is 7.28. The number of hydrogen-bond acceptors (Lipinski definition) is 3. The zero-order valence-corrected chi connectivity index (χ0v) is 5.78. The van der Waals surface area contributed by atoms with Crippen LogP contribution in [0.3, 0.4) is 0 Å². The predicted octanol–water partition coefficient (Wildman–Crippen LogP) is 0.853. The maximum absolute atomic E-state index is 8.91. The summed E-state index contributed by atoms with van der Waals surface area (Å²) in [6.45, 7) is 3.99. The summed E-state index contributed by atoms with van der Waals surface area (Å²) in [5, 5.41) is 19.6. The third-order valence-corrected chi connectivity index (χ3v) is 0.952. The second kappa shape index (κ2) is 4.32. The highest BCUT2D eigenvalue weighted by molar-refractivity contribution is 5.61. The van der Waals surface area contributed by atoms with Crippen molar-refractivity contribution in [3.05, 3.63) is 0 Å². The van der Waals surface area contributed by atoms with Crippen molar-refractivity contribution in [3.8, 4) is 0 Å². The van der Waals surface area contributed by atoms with Crippen LogP contribution in [0.15, 0.2) is 5.16 Å². The van der Waals surface area contributed by atoms with Crippen molar-refractivity contribution in [1.82, 2.24) is 0 Å². The van der Waals surface area contributed by atoms with Crippen molar-refractivity contribution >= 4 is 6.21 Å². The van der Waals surface area contributed by atoms with Gasteiger partial charge < -0.3 is 10.3 Å². The Labute approximate surface area is 55.0 Å². The van der Waals surface area contributed by atoms with Crippen molar-refractivity contribution in [2.24, 2.45) is 11.1 Å². The standard InChI is InChI=1S/C6H13NO2/c1-5(2)3-6(8)4-7-9/h4-6,8-9H,3H2,1-2H3. The summed E-state index contributed by atoms with van der Waals surface area (Å²) in [4.78, 5) is 0. The summed E-state index contributed by atoms with van der Waals surface area (Å²) < 4.78 is 0. The highest BCUT2D eigenvalue weighted by Gasteiger charge is 2.02. The van der Waals surface area contributed by atoms with Crippen molar-refractivity contribution in [3.63, 3.8) is 0 Å². The molecule has 0 aromatic rings. The molecule has 0 aliphatic rings. The third kappa shape index (κ3) is 5.30. The first-order chi connectivity index (χ1) is 4.16. The molecule has 3 nitrogen and oxygen atoms in total. The van der Waals surface area contributed by atoms with Crippen molar-refractivity contribution < 1.29 is 10.3 Å². The first kappa shape index (κ1) is 8.43. The minimum Gasteiger partial charge on any atom is -0.411 e. The molecule has 0 aromatic heterocycles. The molecule has 0 saturated heterocycles. The molecule has 0 bridgehead atoms. The Kier molecular flexibility index (Phi) is 4.05. The van der Waals surface area contributed by atoms with E-state index in [1.807, 2.05) is 13.8 Å². The number of nitrogens with zero attached hydrogens (tertiary/aromatic N) is 1. The molecule has 9 heavy (non-hydrogen) atoms. The van der Waals surface area contributed by atoms with Gasteiger partial charge in [0.25, 0.3) is 0 Å². The molecule has 0 aromatic carbocycles. The summed E-state index contributed by atoms with van der Waals surface area (Å²) in [5.41, 5.74) is 0. The van der Waals surface area contributed by atoms with Gasteiger partial charge in [0.2, 0.25) is 0 Å². The molecule has 2 N–H and O–H groups in total. The van der Waals surface area contributed by atoms with Crippen LogP contribution in [0, 0.1) is 5.92 Å². The number of hydrogen-bond donors (Lipinski definition) is 2. The van der Waals surface area contributed by atoms with Crippen LogP contribution in [0.5, 0.6) is 0 Å². The number of oxime groups is 1. The molecular weight excluding hydrogens is 118 g/mol. The van der Waals surface area contributed by atoms with Gasteiger partial charge in [0.1, 0.15) is 0 Å². The fraction of sp³-hybridized carbons (Fsp3) is 0.833. The lowest BCUT2D eigenvalue weighted by atomic mass is 10.1. The molecule has 1 unspecified atom stereocenters. The van der Waals surface area contributed by atoms with E-state index in [1.165, 1.54) is 0 Å². The van der Waals surface area contributed by atoms with E-state index in [-0.39, 0.29) is 0 Å². The van der Waals surface area contributed by atoms with E-state index in [2.05, 4.69) is 5.16 Å². The van der Waals surface area contributed by atoms with Crippen LogP contribution in [0.25, 0.3) is 0 Å². The molecule has 0 heterocycles.